The number of hydrogen-bond acceptors (Lipinski definition) is 3. The van der Waals surface area contributed by atoms with Gasteiger partial charge in [-0.05, 0) is 55.7 Å². The molecule has 2 fully saturated rings. The molecule has 1 aromatic carbocycles. The lowest BCUT2D eigenvalue weighted by atomic mass is 9.90. The minimum Gasteiger partial charge on any atom is -0.357 e. The van der Waals surface area contributed by atoms with E-state index in [-0.39, 0.29) is 5.91 Å². The zero-order valence-electron chi connectivity index (χ0n) is 14.5. The molecule has 25 heavy (non-hydrogen) atoms. The Balaban J connectivity index is 1.30. The molecule has 0 bridgehead atoms. The molecule has 1 saturated heterocycles. The van der Waals surface area contributed by atoms with E-state index >= 15 is 0 Å². The van der Waals surface area contributed by atoms with Crippen LogP contribution in [0.5, 0.6) is 0 Å². The van der Waals surface area contributed by atoms with Gasteiger partial charge in [-0.2, -0.15) is 0 Å². The lowest BCUT2D eigenvalue weighted by molar-refractivity contribution is 0.0950. The zero-order valence-corrected chi connectivity index (χ0v) is 14.5. The van der Waals surface area contributed by atoms with Crippen molar-refractivity contribution in [3.63, 3.8) is 0 Å². The van der Waals surface area contributed by atoms with Crippen molar-refractivity contribution in [2.75, 3.05) is 18.0 Å². The highest BCUT2D eigenvalue weighted by Crippen LogP contribution is 2.25. The van der Waals surface area contributed by atoms with Crippen molar-refractivity contribution in [2.24, 2.45) is 5.92 Å². The second-order valence-corrected chi connectivity index (χ2v) is 7.27. The molecule has 0 atom stereocenters. The number of benzene rings is 1. The molecule has 1 amide bonds. The number of pyridine rings is 1. The lowest BCUT2D eigenvalue weighted by Crippen LogP contribution is -2.35. The van der Waals surface area contributed by atoms with E-state index in [2.05, 4.69) is 45.5 Å². The molecule has 1 aliphatic carbocycles. The highest BCUT2D eigenvalue weighted by atomic mass is 16.1. The van der Waals surface area contributed by atoms with Crippen LogP contribution in [0.4, 0.5) is 5.82 Å². The SMILES string of the molecule is O=C(NC1CC1)c1ccc(N2CCC(Cc3ccccc3)CC2)nc1. The summed E-state index contributed by atoms with van der Waals surface area (Å²) in [5.41, 5.74) is 2.10. The van der Waals surface area contributed by atoms with Crippen LogP contribution in [0.25, 0.3) is 0 Å². The van der Waals surface area contributed by atoms with Crippen LogP contribution in [0.3, 0.4) is 0 Å². The molecule has 1 N–H and O–H groups in total. The molecular weight excluding hydrogens is 310 g/mol. The number of carbonyl (C=O) groups excluding carboxylic acids is 1. The van der Waals surface area contributed by atoms with Gasteiger partial charge in [0, 0.05) is 25.3 Å². The van der Waals surface area contributed by atoms with Crippen molar-refractivity contribution in [1.82, 2.24) is 10.3 Å². The second kappa shape index (κ2) is 7.26. The summed E-state index contributed by atoms with van der Waals surface area (Å²) in [6.07, 6.45) is 7.48. The van der Waals surface area contributed by atoms with Crippen LogP contribution in [-0.2, 0) is 6.42 Å². The van der Waals surface area contributed by atoms with Crippen LogP contribution in [0.1, 0.15) is 41.6 Å². The summed E-state index contributed by atoms with van der Waals surface area (Å²) in [5, 5.41) is 3.01. The molecular formula is C21H25N3O. The molecule has 130 valence electrons. The van der Waals surface area contributed by atoms with Crippen molar-refractivity contribution in [3.8, 4) is 0 Å². The topological polar surface area (TPSA) is 45.2 Å². The molecule has 1 aliphatic heterocycles. The van der Waals surface area contributed by atoms with Crippen molar-refractivity contribution >= 4 is 11.7 Å². The van der Waals surface area contributed by atoms with Crippen molar-refractivity contribution in [3.05, 3.63) is 59.8 Å². The number of piperidine rings is 1. The second-order valence-electron chi connectivity index (χ2n) is 7.27. The molecule has 4 heteroatoms. The van der Waals surface area contributed by atoms with Crippen LogP contribution < -0.4 is 10.2 Å². The third-order valence-corrected chi connectivity index (χ3v) is 5.23. The number of aromatic nitrogens is 1. The quantitative estimate of drug-likeness (QED) is 0.910. The van der Waals surface area contributed by atoms with E-state index in [0.717, 1.165) is 37.7 Å². The number of nitrogens with one attached hydrogen (secondary N) is 1. The first kappa shape index (κ1) is 16.1. The van der Waals surface area contributed by atoms with Gasteiger partial charge in [-0.3, -0.25) is 4.79 Å². The van der Waals surface area contributed by atoms with Gasteiger partial charge in [-0.15, -0.1) is 0 Å². The van der Waals surface area contributed by atoms with Gasteiger partial charge >= 0.3 is 0 Å². The van der Waals surface area contributed by atoms with Crippen molar-refractivity contribution < 1.29 is 4.79 Å². The van der Waals surface area contributed by atoms with Gasteiger partial charge in [0.2, 0.25) is 0 Å². The first-order valence-corrected chi connectivity index (χ1v) is 9.34. The van der Waals surface area contributed by atoms with Gasteiger partial charge in [-0.25, -0.2) is 4.98 Å². The van der Waals surface area contributed by atoms with Crippen molar-refractivity contribution in [1.29, 1.82) is 0 Å². The number of anilines is 1. The third-order valence-electron chi connectivity index (χ3n) is 5.23. The number of nitrogens with zero attached hydrogens (tertiary/aromatic N) is 2. The van der Waals surface area contributed by atoms with E-state index in [1.165, 1.54) is 24.8 Å². The maximum atomic E-state index is 12.0. The first-order valence-electron chi connectivity index (χ1n) is 9.34. The number of carbonyl (C=O) groups is 1. The normalized spacial score (nSPS) is 18.2. The third kappa shape index (κ3) is 4.19. The van der Waals surface area contributed by atoms with Crippen LogP contribution in [0.2, 0.25) is 0 Å². The number of hydrogen-bond donors (Lipinski definition) is 1. The molecule has 4 nitrogen and oxygen atoms in total. The van der Waals surface area contributed by atoms with E-state index in [4.69, 9.17) is 0 Å². The number of rotatable bonds is 5. The smallest absolute Gasteiger partial charge is 0.253 e. The van der Waals surface area contributed by atoms with Crippen LogP contribution in [-0.4, -0.2) is 30.0 Å². The summed E-state index contributed by atoms with van der Waals surface area (Å²) in [4.78, 5) is 18.9. The molecule has 0 spiro atoms. The molecule has 0 unspecified atom stereocenters. The standard InChI is InChI=1S/C21H25N3O/c25-21(23-19-7-8-19)18-6-9-20(22-15-18)24-12-10-17(11-13-24)14-16-4-2-1-3-5-16/h1-6,9,15,17,19H,7-8,10-14H2,(H,23,25). The molecule has 0 radical (unpaired) electrons. The Morgan fingerprint density at radius 2 is 1.80 bits per heavy atom. The maximum Gasteiger partial charge on any atom is 0.253 e. The minimum atomic E-state index is 0.00289. The highest BCUT2D eigenvalue weighted by molar-refractivity contribution is 5.94. The fourth-order valence-corrected chi connectivity index (χ4v) is 3.52. The fourth-order valence-electron chi connectivity index (χ4n) is 3.52. The molecule has 1 aromatic heterocycles. The Morgan fingerprint density at radius 3 is 2.44 bits per heavy atom. The Kier molecular flexibility index (Phi) is 4.68. The summed E-state index contributed by atoms with van der Waals surface area (Å²) in [5.74, 6) is 1.74. The van der Waals surface area contributed by atoms with Crippen LogP contribution in [0, 0.1) is 5.92 Å². The van der Waals surface area contributed by atoms with Gasteiger partial charge in [0.1, 0.15) is 5.82 Å². The summed E-state index contributed by atoms with van der Waals surface area (Å²) in [7, 11) is 0. The average molecular weight is 335 g/mol. The molecule has 2 aromatic rings. The Labute approximate surface area is 149 Å². The molecule has 2 heterocycles. The van der Waals surface area contributed by atoms with E-state index in [1.54, 1.807) is 6.20 Å². The summed E-state index contributed by atoms with van der Waals surface area (Å²) < 4.78 is 0. The van der Waals surface area contributed by atoms with E-state index < -0.39 is 0 Å². The molecule has 2 aliphatic rings. The monoisotopic (exact) mass is 335 g/mol. The predicted molar refractivity (Wildman–Crippen MR) is 99.8 cm³/mol. The summed E-state index contributed by atoms with van der Waals surface area (Å²) in [6, 6.07) is 15.0. The first-order chi connectivity index (χ1) is 12.3. The lowest BCUT2D eigenvalue weighted by Gasteiger charge is -2.33. The highest BCUT2D eigenvalue weighted by Gasteiger charge is 2.24. The maximum absolute atomic E-state index is 12.0. The van der Waals surface area contributed by atoms with Gasteiger partial charge in [0.15, 0.2) is 0 Å². The Hall–Kier alpha value is -2.36. The Morgan fingerprint density at radius 1 is 1.04 bits per heavy atom. The van der Waals surface area contributed by atoms with E-state index in [0.29, 0.717) is 11.6 Å². The van der Waals surface area contributed by atoms with Crippen LogP contribution in [0.15, 0.2) is 48.7 Å². The summed E-state index contributed by atoms with van der Waals surface area (Å²) in [6.45, 7) is 2.08. The minimum absolute atomic E-state index is 0.00289. The zero-order chi connectivity index (χ0) is 17.1. The average Bonchev–Trinajstić information content (AvgIpc) is 3.47. The van der Waals surface area contributed by atoms with E-state index in [1.807, 2.05) is 12.1 Å². The van der Waals surface area contributed by atoms with Gasteiger partial charge in [0.05, 0.1) is 5.56 Å². The van der Waals surface area contributed by atoms with E-state index in [9.17, 15) is 4.79 Å². The van der Waals surface area contributed by atoms with Gasteiger partial charge in [0.25, 0.3) is 5.91 Å². The van der Waals surface area contributed by atoms with Crippen LogP contribution >= 0.6 is 0 Å². The van der Waals surface area contributed by atoms with Crippen molar-refractivity contribution in [2.45, 2.75) is 38.1 Å². The number of amides is 1. The largest absolute Gasteiger partial charge is 0.357 e. The van der Waals surface area contributed by atoms with Gasteiger partial charge < -0.3 is 10.2 Å². The summed E-state index contributed by atoms with van der Waals surface area (Å²) >= 11 is 0. The Bertz CT molecular complexity index is 702. The molecule has 1 saturated carbocycles. The predicted octanol–water partition coefficient (Wildman–Crippen LogP) is 3.43. The van der Waals surface area contributed by atoms with Gasteiger partial charge in [-0.1, -0.05) is 30.3 Å². The fraction of sp³-hybridized carbons (Fsp3) is 0.429. The molecule has 4 rings (SSSR count).